The topological polar surface area (TPSA) is 84.0 Å². The molecule has 0 spiro atoms. The second kappa shape index (κ2) is 8.51. The second-order valence-corrected chi connectivity index (χ2v) is 10.2. The molecule has 2 amide bonds. The molecule has 0 aromatic heterocycles. The molecular formula is C20H28N2O5S. The molecule has 2 heterocycles. The van der Waals surface area contributed by atoms with Crippen molar-refractivity contribution in [3.05, 3.63) is 24.3 Å². The molecule has 1 aromatic carbocycles. The molecule has 2 aliphatic heterocycles. The molecule has 2 fully saturated rings. The average Bonchev–Trinajstić information content (AvgIpc) is 3.23. The standard InChI is InChI=1S/C20H28N2O5S/c1-15(2)12-22(17-9-11-28(25,26)14-17)20(24)13-27-18-7-5-16(6-8-18)21-10-3-4-19(21)23/h5-8,15,17H,3-4,9-14H2,1-2H3/t17-/m1/s1. The Morgan fingerprint density at radius 1 is 1.29 bits per heavy atom. The number of ether oxygens (including phenoxy) is 1. The van der Waals surface area contributed by atoms with Crippen molar-refractivity contribution in [2.75, 3.05) is 36.1 Å². The van der Waals surface area contributed by atoms with Crippen LogP contribution in [0.5, 0.6) is 5.75 Å². The normalized spacial score (nSPS) is 21.3. The summed E-state index contributed by atoms with van der Waals surface area (Å²) in [7, 11) is -3.06. The van der Waals surface area contributed by atoms with E-state index >= 15 is 0 Å². The van der Waals surface area contributed by atoms with Crippen LogP contribution in [0.4, 0.5) is 5.69 Å². The Labute approximate surface area is 166 Å². The average molecular weight is 409 g/mol. The van der Waals surface area contributed by atoms with E-state index in [9.17, 15) is 18.0 Å². The van der Waals surface area contributed by atoms with E-state index in [-0.39, 0.29) is 41.9 Å². The highest BCUT2D eigenvalue weighted by Crippen LogP contribution is 2.24. The van der Waals surface area contributed by atoms with E-state index in [1.807, 2.05) is 26.0 Å². The van der Waals surface area contributed by atoms with Gasteiger partial charge in [0.15, 0.2) is 16.4 Å². The third-order valence-corrected chi connectivity index (χ3v) is 6.87. The molecule has 0 N–H and O–H groups in total. The fraction of sp³-hybridized carbons (Fsp3) is 0.600. The SMILES string of the molecule is CC(C)CN(C(=O)COc1ccc(N2CCCC2=O)cc1)[C@@H]1CCS(=O)(=O)C1. The highest BCUT2D eigenvalue weighted by Gasteiger charge is 2.35. The molecule has 0 saturated carbocycles. The van der Waals surface area contributed by atoms with Gasteiger partial charge in [-0.05, 0) is 43.0 Å². The van der Waals surface area contributed by atoms with Gasteiger partial charge in [-0.15, -0.1) is 0 Å². The molecule has 28 heavy (non-hydrogen) atoms. The molecule has 2 aliphatic rings. The maximum absolute atomic E-state index is 12.7. The minimum atomic E-state index is -3.06. The number of sulfone groups is 1. The number of carbonyl (C=O) groups excluding carboxylic acids is 2. The molecule has 7 nitrogen and oxygen atoms in total. The summed E-state index contributed by atoms with van der Waals surface area (Å²) < 4.78 is 29.2. The lowest BCUT2D eigenvalue weighted by Crippen LogP contribution is -2.45. The summed E-state index contributed by atoms with van der Waals surface area (Å²) in [6.07, 6.45) is 1.93. The van der Waals surface area contributed by atoms with E-state index in [2.05, 4.69) is 0 Å². The maximum Gasteiger partial charge on any atom is 0.260 e. The van der Waals surface area contributed by atoms with Gasteiger partial charge in [0.1, 0.15) is 5.75 Å². The highest BCUT2D eigenvalue weighted by molar-refractivity contribution is 7.91. The number of hydrogen-bond donors (Lipinski definition) is 0. The zero-order chi connectivity index (χ0) is 20.3. The minimum absolute atomic E-state index is 0.0318. The van der Waals surface area contributed by atoms with Crippen LogP contribution in [0.25, 0.3) is 0 Å². The molecule has 0 radical (unpaired) electrons. The highest BCUT2D eigenvalue weighted by atomic mass is 32.2. The molecule has 154 valence electrons. The van der Waals surface area contributed by atoms with Gasteiger partial charge >= 0.3 is 0 Å². The lowest BCUT2D eigenvalue weighted by Gasteiger charge is -2.30. The molecular weight excluding hydrogens is 380 g/mol. The Kier molecular flexibility index (Phi) is 6.27. The third kappa shape index (κ3) is 5.04. The van der Waals surface area contributed by atoms with E-state index < -0.39 is 9.84 Å². The van der Waals surface area contributed by atoms with Gasteiger partial charge in [-0.25, -0.2) is 8.42 Å². The maximum atomic E-state index is 12.7. The van der Waals surface area contributed by atoms with Crippen molar-refractivity contribution in [2.45, 2.75) is 39.2 Å². The quantitative estimate of drug-likeness (QED) is 0.688. The molecule has 0 unspecified atom stereocenters. The van der Waals surface area contributed by atoms with E-state index in [1.165, 1.54) is 0 Å². The van der Waals surface area contributed by atoms with Crippen LogP contribution in [0.1, 0.15) is 33.1 Å². The predicted octanol–water partition coefficient (Wildman–Crippen LogP) is 1.86. The predicted molar refractivity (Wildman–Crippen MR) is 107 cm³/mol. The van der Waals surface area contributed by atoms with Crippen LogP contribution in [-0.4, -0.2) is 62.4 Å². The van der Waals surface area contributed by atoms with Gasteiger partial charge < -0.3 is 14.5 Å². The zero-order valence-corrected chi connectivity index (χ0v) is 17.3. The number of nitrogens with zero attached hydrogens (tertiary/aromatic N) is 2. The van der Waals surface area contributed by atoms with Gasteiger partial charge in [0, 0.05) is 31.2 Å². The van der Waals surface area contributed by atoms with Crippen LogP contribution in [-0.2, 0) is 19.4 Å². The lowest BCUT2D eigenvalue weighted by atomic mass is 10.1. The first-order valence-corrected chi connectivity index (χ1v) is 11.6. The first-order valence-electron chi connectivity index (χ1n) is 9.78. The third-order valence-electron chi connectivity index (χ3n) is 5.12. The summed E-state index contributed by atoms with van der Waals surface area (Å²) >= 11 is 0. The fourth-order valence-electron chi connectivity index (χ4n) is 3.74. The van der Waals surface area contributed by atoms with E-state index in [1.54, 1.807) is 21.9 Å². The summed E-state index contributed by atoms with van der Waals surface area (Å²) in [6, 6.07) is 6.87. The molecule has 3 rings (SSSR count). The summed E-state index contributed by atoms with van der Waals surface area (Å²) in [4.78, 5) is 27.9. The van der Waals surface area contributed by atoms with Crippen molar-refractivity contribution in [3.63, 3.8) is 0 Å². The summed E-state index contributed by atoms with van der Waals surface area (Å²) in [5, 5.41) is 0. The fourth-order valence-corrected chi connectivity index (χ4v) is 5.47. The van der Waals surface area contributed by atoms with Gasteiger partial charge in [-0.3, -0.25) is 9.59 Å². The van der Waals surface area contributed by atoms with E-state index in [0.29, 0.717) is 25.1 Å². The van der Waals surface area contributed by atoms with Crippen molar-refractivity contribution in [2.24, 2.45) is 5.92 Å². The van der Waals surface area contributed by atoms with Gasteiger partial charge in [0.05, 0.1) is 11.5 Å². The first-order chi connectivity index (χ1) is 13.2. The van der Waals surface area contributed by atoms with Gasteiger partial charge in [-0.1, -0.05) is 13.8 Å². The molecule has 8 heteroatoms. The Bertz CT molecular complexity index is 820. The van der Waals surface area contributed by atoms with Crippen LogP contribution in [0, 0.1) is 5.92 Å². The summed E-state index contributed by atoms with van der Waals surface area (Å²) in [6.45, 7) is 5.11. The smallest absolute Gasteiger partial charge is 0.260 e. The van der Waals surface area contributed by atoms with E-state index in [4.69, 9.17) is 4.74 Å². The van der Waals surface area contributed by atoms with Crippen LogP contribution >= 0.6 is 0 Å². The van der Waals surface area contributed by atoms with Crippen molar-refractivity contribution in [1.82, 2.24) is 4.90 Å². The van der Waals surface area contributed by atoms with Gasteiger partial charge in [0.25, 0.3) is 5.91 Å². The first kappa shape index (κ1) is 20.6. The van der Waals surface area contributed by atoms with Crippen molar-refractivity contribution in [1.29, 1.82) is 0 Å². The number of hydrogen-bond acceptors (Lipinski definition) is 5. The van der Waals surface area contributed by atoms with Crippen LogP contribution in [0.3, 0.4) is 0 Å². The second-order valence-electron chi connectivity index (χ2n) is 7.93. The monoisotopic (exact) mass is 408 g/mol. The molecule has 0 aliphatic carbocycles. The molecule has 0 bridgehead atoms. The Morgan fingerprint density at radius 2 is 2.00 bits per heavy atom. The Morgan fingerprint density at radius 3 is 2.54 bits per heavy atom. The number of amides is 2. The molecule has 1 aromatic rings. The van der Waals surface area contributed by atoms with Crippen molar-refractivity contribution in [3.8, 4) is 5.75 Å². The molecule has 1 atom stereocenters. The number of carbonyl (C=O) groups is 2. The van der Waals surface area contributed by atoms with Gasteiger partial charge in [-0.2, -0.15) is 0 Å². The number of anilines is 1. The number of benzene rings is 1. The van der Waals surface area contributed by atoms with Crippen LogP contribution < -0.4 is 9.64 Å². The van der Waals surface area contributed by atoms with Crippen molar-refractivity contribution >= 4 is 27.3 Å². The van der Waals surface area contributed by atoms with Crippen molar-refractivity contribution < 1.29 is 22.7 Å². The van der Waals surface area contributed by atoms with E-state index in [0.717, 1.165) is 18.7 Å². The molecule has 2 saturated heterocycles. The Hall–Kier alpha value is -2.09. The van der Waals surface area contributed by atoms with Crippen LogP contribution in [0.2, 0.25) is 0 Å². The summed E-state index contributed by atoms with van der Waals surface area (Å²) in [5.74, 6) is 0.882. The minimum Gasteiger partial charge on any atom is -0.484 e. The summed E-state index contributed by atoms with van der Waals surface area (Å²) in [5.41, 5.74) is 0.832. The zero-order valence-electron chi connectivity index (χ0n) is 16.5. The van der Waals surface area contributed by atoms with Crippen LogP contribution in [0.15, 0.2) is 24.3 Å². The van der Waals surface area contributed by atoms with Gasteiger partial charge in [0.2, 0.25) is 5.91 Å². The Balaban J connectivity index is 1.60. The lowest BCUT2D eigenvalue weighted by molar-refractivity contribution is -0.135. The number of rotatable bonds is 7. The largest absolute Gasteiger partial charge is 0.484 e.